The van der Waals surface area contributed by atoms with Crippen LogP contribution in [-0.2, 0) is 23.7 Å². The quantitative estimate of drug-likeness (QED) is 0.919. The van der Waals surface area contributed by atoms with E-state index in [1.807, 2.05) is 0 Å². The molecule has 114 valence electrons. The maximum Gasteiger partial charge on any atom is 0.241 e. The Morgan fingerprint density at radius 3 is 2.52 bits per heavy atom. The van der Waals surface area contributed by atoms with E-state index in [9.17, 15) is 17.2 Å². The van der Waals surface area contributed by atoms with Gasteiger partial charge < -0.3 is 4.74 Å². The maximum absolute atomic E-state index is 13.7. The number of hydrogen-bond donors (Lipinski definition) is 1. The number of nitrogens with two attached hydrogens (primary N) is 1. The summed E-state index contributed by atoms with van der Waals surface area (Å²) in [7, 11) is -2.66. The van der Waals surface area contributed by atoms with Crippen LogP contribution in [0.25, 0.3) is 0 Å². The van der Waals surface area contributed by atoms with Gasteiger partial charge in [-0.15, -0.1) is 0 Å². The molecule has 0 saturated carbocycles. The first-order valence-corrected chi connectivity index (χ1v) is 7.37. The van der Waals surface area contributed by atoms with Crippen LogP contribution in [-0.4, -0.2) is 18.2 Å². The summed E-state index contributed by atoms with van der Waals surface area (Å²) in [6, 6.07) is 2.83. The van der Waals surface area contributed by atoms with Gasteiger partial charge in [0, 0.05) is 13.1 Å². The minimum Gasteiger partial charge on any atom is -0.483 e. The molecule has 6 nitrogen and oxygen atoms in total. The molecule has 0 unspecified atom stereocenters. The van der Waals surface area contributed by atoms with Gasteiger partial charge in [-0.3, -0.25) is 4.68 Å². The van der Waals surface area contributed by atoms with Gasteiger partial charge >= 0.3 is 0 Å². The first kappa shape index (κ1) is 15.4. The summed E-state index contributed by atoms with van der Waals surface area (Å²) < 4.78 is 56.3. The highest BCUT2D eigenvalue weighted by atomic mass is 32.2. The number of nitrogens with zero attached hydrogens (tertiary/aromatic N) is 2. The van der Waals surface area contributed by atoms with Gasteiger partial charge in [-0.05, 0) is 19.1 Å². The van der Waals surface area contributed by atoms with E-state index in [2.05, 4.69) is 5.10 Å². The van der Waals surface area contributed by atoms with Crippen LogP contribution >= 0.6 is 0 Å². The van der Waals surface area contributed by atoms with Crippen molar-refractivity contribution in [3.8, 4) is 5.75 Å². The van der Waals surface area contributed by atoms with Gasteiger partial charge in [0.25, 0.3) is 0 Å². The minimum absolute atomic E-state index is 0.136. The van der Waals surface area contributed by atoms with Crippen molar-refractivity contribution < 1.29 is 21.9 Å². The molecule has 1 aromatic carbocycles. The van der Waals surface area contributed by atoms with Gasteiger partial charge in [0.05, 0.1) is 11.4 Å². The van der Waals surface area contributed by atoms with Gasteiger partial charge in [0.1, 0.15) is 17.3 Å². The molecule has 9 heteroatoms. The van der Waals surface area contributed by atoms with Gasteiger partial charge in [-0.1, -0.05) is 0 Å². The molecule has 1 heterocycles. The molecule has 0 aliphatic carbocycles. The SMILES string of the molecule is Cc1cc(COc2c(F)cc(F)cc2S(N)(=O)=O)n(C)n1. The largest absolute Gasteiger partial charge is 0.483 e. The van der Waals surface area contributed by atoms with Crippen molar-refractivity contribution in [2.75, 3.05) is 0 Å². The summed E-state index contributed by atoms with van der Waals surface area (Å²) in [6.07, 6.45) is 0. The second-order valence-electron chi connectivity index (χ2n) is 4.45. The fraction of sp³-hybridized carbons (Fsp3) is 0.250. The third-order valence-electron chi connectivity index (χ3n) is 2.74. The van der Waals surface area contributed by atoms with E-state index >= 15 is 0 Å². The van der Waals surface area contributed by atoms with E-state index in [0.29, 0.717) is 17.8 Å². The molecule has 0 spiro atoms. The molecule has 0 fully saturated rings. The first-order chi connectivity index (χ1) is 9.68. The predicted octanol–water partition coefficient (Wildman–Crippen LogP) is 1.23. The fourth-order valence-electron chi connectivity index (χ4n) is 1.83. The van der Waals surface area contributed by atoms with E-state index in [-0.39, 0.29) is 6.61 Å². The standard InChI is InChI=1S/C12H13F2N3O3S/c1-7-3-9(17(2)16-7)6-20-12-10(14)4-8(13)5-11(12)21(15,18)19/h3-5H,6H2,1-2H3,(H2,15,18,19). The van der Waals surface area contributed by atoms with E-state index in [4.69, 9.17) is 9.88 Å². The second-order valence-corrected chi connectivity index (χ2v) is 5.98. The fourth-order valence-corrected chi connectivity index (χ4v) is 2.53. The predicted molar refractivity (Wildman–Crippen MR) is 70.0 cm³/mol. The van der Waals surface area contributed by atoms with Crippen LogP contribution in [0.3, 0.4) is 0 Å². The zero-order valence-corrected chi connectivity index (χ0v) is 12.1. The normalized spacial score (nSPS) is 11.7. The molecule has 0 amide bonds. The van der Waals surface area contributed by atoms with Crippen LogP contribution in [0, 0.1) is 18.6 Å². The Balaban J connectivity index is 2.38. The summed E-state index contributed by atoms with van der Waals surface area (Å²) in [5.74, 6) is -2.81. The van der Waals surface area contributed by atoms with Crippen LogP contribution in [0.5, 0.6) is 5.75 Å². The molecule has 21 heavy (non-hydrogen) atoms. The Bertz CT molecular complexity index is 787. The van der Waals surface area contributed by atoms with Crippen molar-refractivity contribution in [3.63, 3.8) is 0 Å². The van der Waals surface area contributed by atoms with Crippen molar-refractivity contribution in [2.24, 2.45) is 12.2 Å². The Labute approximate surface area is 120 Å². The number of benzene rings is 1. The third kappa shape index (κ3) is 3.37. The van der Waals surface area contributed by atoms with E-state index < -0.39 is 32.3 Å². The van der Waals surface area contributed by atoms with E-state index in [1.165, 1.54) is 4.68 Å². The van der Waals surface area contributed by atoms with Crippen molar-refractivity contribution >= 4 is 10.0 Å². The second kappa shape index (κ2) is 5.41. The van der Waals surface area contributed by atoms with Gasteiger partial charge in [0.2, 0.25) is 10.0 Å². The highest BCUT2D eigenvalue weighted by Crippen LogP contribution is 2.28. The Hall–Kier alpha value is -2.00. The lowest BCUT2D eigenvalue weighted by Gasteiger charge is -2.11. The molecule has 0 radical (unpaired) electrons. The Kier molecular flexibility index (Phi) is 3.97. The summed E-state index contributed by atoms with van der Waals surface area (Å²) in [6.45, 7) is 1.63. The number of aryl methyl sites for hydroxylation is 2. The zero-order chi connectivity index (χ0) is 15.8. The molecule has 0 aliphatic rings. The lowest BCUT2D eigenvalue weighted by atomic mass is 10.3. The number of halogens is 2. The van der Waals surface area contributed by atoms with Crippen LogP contribution in [0.4, 0.5) is 8.78 Å². The van der Waals surface area contributed by atoms with Crippen LogP contribution in [0.1, 0.15) is 11.4 Å². The van der Waals surface area contributed by atoms with Crippen molar-refractivity contribution in [1.82, 2.24) is 9.78 Å². The first-order valence-electron chi connectivity index (χ1n) is 5.82. The van der Waals surface area contributed by atoms with Crippen molar-refractivity contribution in [2.45, 2.75) is 18.4 Å². The number of rotatable bonds is 4. The average molecular weight is 317 g/mol. The van der Waals surface area contributed by atoms with Gasteiger partial charge in [-0.25, -0.2) is 22.3 Å². The van der Waals surface area contributed by atoms with Gasteiger partial charge in [-0.2, -0.15) is 5.10 Å². The summed E-state index contributed by atoms with van der Waals surface area (Å²) >= 11 is 0. The number of hydrogen-bond acceptors (Lipinski definition) is 4. The van der Waals surface area contributed by atoms with Crippen LogP contribution in [0.2, 0.25) is 0 Å². The average Bonchev–Trinajstić information content (AvgIpc) is 2.64. The molecular formula is C12H13F2N3O3S. The molecule has 0 saturated heterocycles. The zero-order valence-electron chi connectivity index (χ0n) is 11.3. The Morgan fingerprint density at radius 1 is 1.33 bits per heavy atom. The smallest absolute Gasteiger partial charge is 0.241 e. The third-order valence-corrected chi connectivity index (χ3v) is 3.66. The van der Waals surface area contributed by atoms with Crippen LogP contribution in [0.15, 0.2) is 23.1 Å². The van der Waals surface area contributed by atoms with Crippen LogP contribution < -0.4 is 9.88 Å². The number of aromatic nitrogens is 2. The molecule has 2 N–H and O–H groups in total. The highest BCUT2D eigenvalue weighted by Gasteiger charge is 2.21. The molecular weight excluding hydrogens is 304 g/mol. The lowest BCUT2D eigenvalue weighted by Crippen LogP contribution is -2.15. The summed E-state index contributed by atoms with van der Waals surface area (Å²) in [5, 5.41) is 9.01. The maximum atomic E-state index is 13.7. The monoisotopic (exact) mass is 317 g/mol. The van der Waals surface area contributed by atoms with Gasteiger partial charge in [0.15, 0.2) is 11.6 Å². The Morgan fingerprint density at radius 2 is 2.00 bits per heavy atom. The number of ether oxygens (including phenoxy) is 1. The minimum atomic E-state index is -4.32. The van der Waals surface area contributed by atoms with Crippen molar-refractivity contribution in [1.29, 1.82) is 0 Å². The lowest BCUT2D eigenvalue weighted by molar-refractivity contribution is 0.271. The molecule has 2 rings (SSSR count). The molecule has 0 bridgehead atoms. The molecule has 2 aromatic rings. The number of primary sulfonamides is 1. The molecule has 0 atom stereocenters. The summed E-state index contributed by atoms with van der Waals surface area (Å²) in [5.41, 5.74) is 1.32. The molecule has 0 aliphatic heterocycles. The van der Waals surface area contributed by atoms with E-state index in [1.54, 1.807) is 20.0 Å². The highest BCUT2D eigenvalue weighted by molar-refractivity contribution is 7.89. The van der Waals surface area contributed by atoms with E-state index in [0.717, 1.165) is 5.69 Å². The van der Waals surface area contributed by atoms with Crippen molar-refractivity contribution in [3.05, 3.63) is 41.2 Å². The molecule has 1 aromatic heterocycles. The summed E-state index contributed by atoms with van der Waals surface area (Å²) in [4.78, 5) is -0.737. The number of sulfonamides is 1. The topological polar surface area (TPSA) is 87.2 Å².